The Hall–Kier alpha value is -1.28. The molecule has 8 heteroatoms. The van der Waals surface area contributed by atoms with Gasteiger partial charge in [-0.3, -0.25) is 4.79 Å². The summed E-state index contributed by atoms with van der Waals surface area (Å²) in [5.74, 6) is -0.338. The van der Waals surface area contributed by atoms with Crippen molar-refractivity contribution < 1.29 is 22.7 Å². The number of carbonyl (C=O) groups excluding carboxylic acids is 1. The molecule has 1 amide bonds. The minimum atomic E-state index is -4.55. The molecule has 1 aromatic rings. The van der Waals surface area contributed by atoms with Crippen molar-refractivity contribution in [2.45, 2.75) is 30.1 Å². The van der Waals surface area contributed by atoms with Crippen molar-refractivity contribution in [3.8, 4) is 0 Å². The van der Waals surface area contributed by atoms with Gasteiger partial charge in [0.25, 0.3) is 5.91 Å². The zero-order valence-electron chi connectivity index (χ0n) is 10.4. The van der Waals surface area contributed by atoms with Crippen LogP contribution >= 0.6 is 11.8 Å². The van der Waals surface area contributed by atoms with E-state index in [1.54, 1.807) is 0 Å². The van der Waals surface area contributed by atoms with Gasteiger partial charge in [0.15, 0.2) is 0 Å². The van der Waals surface area contributed by atoms with Gasteiger partial charge in [-0.15, -0.1) is 11.8 Å². The van der Waals surface area contributed by atoms with E-state index in [0.29, 0.717) is 12.4 Å². The third kappa shape index (κ3) is 3.63. The molecule has 1 aliphatic rings. The molecule has 1 aliphatic heterocycles. The smallest absolute Gasteiger partial charge is 0.377 e. The summed E-state index contributed by atoms with van der Waals surface area (Å²) in [6.45, 7) is 0.657. The van der Waals surface area contributed by atoms with Crippen LogP contribution in [-0.2, 0) is 10.9 Å². The molecule has 1 aromatic heterocycles. The zero-order chi connectivity index (χ0) is 14.8. The number of thioether (sulfide) groups is 1. The number of primary amides is 1. The number of nitrogens with two attached hydrogens (primary N) is 1. The van der Waals surface area contributed by atoms with Gasteiger partial charge in [0.2, 0.25) is 0 Å². The number of aromatic nitrogens is 1. The summed E-state index contributed by atoms with van der Waals surface area (Å²) < 4.78 is 43.3. The number of amides is 1. The van der Waals surface area contributed by atoms with Crippen LogP contribution in [0.15, 0.2) is 17.2 Å². The van der Waals surface area contributed by atoms with Crippen LogP contribution in [0.3, 0.4) is 0 Å². The van der Waals surface area contributed by atoms with Gasteiger partial charge in [-0.05, 0) is 25.0 Å². The van der Waals surface area contributed by atoms with Crippen LogP contribution in [0.5, 0.6) is 0 Å². The molecule has 20 heavy (non-hydrogen) atoms. The molecule has 1 atom stereocenters. The molecule has 0 spiro atoms. The van der Waals surface area contributed by atoms with Crippen molar-refractivity contribution in [3.05, 3.63) is 23.4 Å². The summed E-state index contributed by atoms with van der Waals surface area (Å²) in [5, 5.41) is 0.00262. The lowest BCUT2D eigenvalue weighted by molar-refractivity contribution is -0.141. The molecule has 0 aliphatic carbocycles. The molecule has 1 fully saturated rings. The molecule has 2 N–H and O–H groups in total. The average Bonchev–Trinajstić information content (AvgIpc) is 2.87. The molecule has 110 valence electrons. The Morgan fingerprint density at radius 3 is 2.80 bits per heavy atom. The van der Waals surface area contributed by atoms with Crippen LogP contribution in [0.1, 0.15) is 28.9 Å². The van der Waals surface area contributed by atoms with Gasteiger partial charge in [0.1, 0.15) is 10.7 Å². The Kier molecular flexibility index (Phi) is 4.54. The van der Waals surface area contributed by atoms with Crippen LogP contribution in [0.2, 0.25) is 0 Å². The maximum absolute atomic E-state index is 12.6. The third-order valence-electron chi connectivity index (χ3n) is 2.85. The third-order valence-corrected chi connectivity index (χ3v) is 3.97. The number of halogens is 3. The summed E-state index contributed by atoms with van der Waals surface area (Å²) in [5.41, 5.74) is 4.12. The van der Waals surface area contributed by atoms with Crippen LogP contribution in [-0.4, -0.2) is 29.4 Å². The first-order valence-corrected chi connectivity index (χ1v) is 6.99. The van der Waals surface area contributed by atoms with Crippen molar-refractivity contribution >= 4 is 17.7 Å². The molecule has 0 radical (unpaired) electrons. The summed E-state index contributed by atoms with van der Waals surface area (Å²) in [6, 6.07) is 1.83. The van der Waals surface area contributed by atoms with Crippen molar-refractivity contribution in [2.75, 3.05) is 12.4 Å². The normalized spacial score (nSPS) is 19.2. The SMILES string of the molecule is NC(=O)c1ccc(C(F)(F)F)nc1SCC1CCCO1. The van der Waals surface area contributed by atoms with Crippen LogP contribution in [0, 0.1) is 0 Å². The molecule has 2 rings (SSSR count). The van der Waals surface area contributed by atoms with Gasteiger partial charge in [0, 0.05) is 12.4 Å². The van der Waals surface area contributed by atoms with Crippen molar-refractivity contribution in [1.29, 1.82) is 0 Å². The molecular weight excluding hydrogens is 293 g/mol. The highest BCUT2D eigenvalue weighted by Gasteiger charge is 2.33. The fourth-order valence-electron chi connectivity index (χ4n) is 1.84. The van der Waals surface area contributed by atoms with Gasteiger partial charge < -0.3 is 10.5 Å². The molecule has 0 aromatic carbocycles. The van der Waals surface area contributed by atoms with Crippen molar-refractivity contribution in [2.24, 2.45) is 5.73 Å². The first-order valence-electron chi connectivity index (χ1n) is 6.00. The number of pyridine rings is 1. The number of carbonyl (C=O) groups is 1. The highest BCUT2D eigenvalue weighted by molar-refractivity contribution is 7.99. The van der Waals surface area contributed by atoms with Gasteiger partial charge in [0.05, 0.1) is 11.7 Å². The van der Waals surface area contributed by atoms with E-state index < -0.39 is 17.8 Å². The number of nitrogens with zero attached hydrogens (tertiary/aromatic N) is 1. The maximum atomic E-state index is 12.6. The quantitative estimate of drug-likeness (QED) is 0.868. The average molecular weight is 306 g/mol. The van der Waals surface area contributed by atoms with Gasteiger partial charge >= 0.3 is 6.18 Å². The van der Waals surface area contributed by atoms with Crippen molar-refractivity contribution in [1.82, 2.24) is 4.98 Å². The summed E-state index contributed by atoms with van der Waals surface area (Å²) in [7, 11) is 0. The van der Waals surface area contributed by atoms with E-state index in [2.05, 4.69) is 4.98 Å². The van der Waals surface area contributed by atoms with Gasteiger partial charge in [-0.2, -0.15) is 13.2 Å². The van der Waals surface area contributed by atoms with E-state index in [9.17, 15) is 18.0 Å². The Balaban J connectivity index is 2.20. The van der Waals surface area contributed by atoms with E-state index in [4.69, 9.17) is 10.5 Å². The molecule has 1 unspecified atom stereocenters. The zero-order valence-corrected chi connectivity index (χ0v) is 11.3. The summed E-state index contributed by atoms with van der Waals surface area (Å²) >= 11 is 1.07. The fraction of sp³-hybridized carbons (Fsp3) is 0.500. The molecule has 4 nitrogen and oxygen atoms in total. The summed E-state index contributed by atoms with van der Waals surface area (Å²) in [6.07, 6.45) is -2.77. The summed E-state index contributed by atoms with van der Waals surface area (Å²) in [4.78, 5) is 14.7. The highest BCUT2D eigenvalue weighted by Crippen LogP contribution is 2.31. The predicted octanol–water partition coefficient (Wildman–Crippen LogP) is 2.47. The largest absolute Gasteiger partial charge is 0.433 e. The standard InChI is InChI=1S/C12H13F3N2O2S/c13-12(14,15)9-4-3-8(10(16)18)11(17-9)20-6-7-2-1-5-19-7/h3-4,7H,1-2,5-6H2,(H2,16,18). The lowest BCUT2D eigenvalue weighted by Crippen LogP contribution is -2.17. The minimum Gasteiger partial charge on any atom is -0.377 e. The fourth-order valence-corrected chi connectivity index (χ4v) is 2.94. The van der Waals surface area contributed by atoms with E-state index in [1.807, 2.05) is 0 Å². The number of rotatable bonds is 4. The van der Waals surface area contributed by atoms with Gasteiger partial charge in [-0.25, -0.2) is 4.98 Å². The Bertz CT molecular complexity index is 502. The topological polar surface area (TPSA) is 65.2 Å². The van der Waals surface area contributed by atoms with Crippen LogP contribution < -0.4 is 5.73 Å². The highest BCUT2D eigenvalue weighted by atomic mass is 32.2. The van der Waals surface area contributed by atoms with Crippen molar-refractivity contribution in [3.63, 3.8) is 0 Å². The molecule has 2 heterocycles. The monoisotopic (exact) mass is 306 g/mol. The molecule has 1 saturated heterocycles. The Labute approximate surface area is 117 Å². The second-order valence-corrected chi connectivity index (χ2v) is 5.37. The van der Waals surface area contributed by atoms with E-state index in [-0.39, 0.29) is 16.7 Å². The van der Waals surface area contributed by atoms with E-state index in [0.717, 1.165) is 36.7 Å². The van der Waals surface area contributed by atoms with E-state index >= 15 is 0 Å². The lowest BCUT2D eigenvalue weighted by Gasteiger charge is -2.12. The number of hydrogen-bond donors (Lipinski definition) is 1. The van der Waals surface area contributed by atoms with Crippen LogP contribution in [0.25, 0.3) is 0 Å². The predicted molar refractivity (Wildman–Crippen MR) is 67.5 cm³/mol. The number of hydrogen-bond acceptors (Lipinski definition) is 4. The first kappa shape index (κ1) is 15.1. The number of alkyl halides is 3. The molecule has 0 bridgehead atoms. The second kappa shape index (κ2) is 6.01. The maximum Gasteiger partial charge on any atom is 0.433 e. The first-order chi connectivity index (χ1) is 9.38. The molecular formula is C12H13F3N2O2S. The Morgan fingerprint density at radius 2 is 2.25 bits per heavy atom. The Morgan fingerprint density at radius 1 is 1.50 bits per heavy atom. The lowest BCUT2D eigenvalue weighted by atomic mass is 10.2. The molecule has 0 saturated carbocycles. The van der Waals surface area contributed by atoms with Crippen LogP contribution in [0.4, 0.5) is 13.2 Å². The second-order valence-electron chi connectivity index (χ2n) is 4.36. The minimum absolute atomic E-state index is 0.000923. The number of ether oxygens (including phenoxy) is 1. The van der Waals surface area contributed by atoms with Gasteiger partial charge in [-0.1, -0.05) is 0 Å². The van der Waals surface area contributed by atoms with E-state index in [1.165, 1.54) is 0 Å².